The summed E-state index contributed by atoms with van der Waals surface area (Å²) in [5.41, 5.74) is 0. The maximum atomic E-state index is 12.1. The molecule has 0 spiro atoms. The summed E-state index contributed by atoms with van der Waals surface area (Å²) < 4.78 is 4.68. The lowest BCUT2D eigenvalue weighted by Crippen LogP contribution is -2.18. The minimum absolute atomic E-state index is 0.0199. The molecule has 0 aromatic heterocycles. The standard InChI is InChI=1S/C20H32O4/c1-4-5-6-7-17(21)11-9-16-10-13-19(22)18(16)12-8-15(2)14-20(23)24-3/h10,13,15-16,18H,4-9,11-12,14H2,1-3H3. The number of unbranched alkanes of at least 4 members (excludes halogenated alkanes) is 2. The minimum atomic E-state index is -0.201. The number of carbonyl (C=O) groups is 3. The van der Waals surface area contributed by atoms with E-state index < -0.39 is 0 Å². The van der Waals surface area contributed by atoms with Crippen LogP contribution >= 0.6 is 0 Å². The van der Waals surface area contributed by atoms with Crippen LogP contribution in [0.15, 0.2) is 12.2 Å². The lowest BCUT2D eigenvalue weighted by Gasteiger charge is -2.19. The smallest absolute Gasteiger partial charge is 0.305 e. The molecule has 0 saturated heterocycles. The van der Waals surface area contributed by atoms with Crippen LogP contribution in [0.5, 0.6) is 0 Å². The van der Waals surface area contributed by atoms with Gasteiger partial charge in [0.1, 0.15) is 5.78 Å². The molecule has 1 aliphatic rings. The molecule has 1 aliphatic carbocycles. The van der Waals surface area contributed by atoms with Crippen LogP contribution in [0.3, 0.4) is 0 Å². The zero-order chi connectivity index (χ0) is 17.9. The predicted octanol–water partition coefficient (Wildman–Crippen LogP) is 4.27. The SMILES string of the molecule is CCCCCC(=O)CCC1C=CC(=O)C1CCC(C)CC(=O)OC. The number of Topliss-reactive ketones (excluding diaryl/α,β-unsaturated/α-hetero) is 1. The van der Waals surface area contributed by atoms with Gasteiger partial charge >= 0.3 is 5.97 Å². The van der Waals surface area contributed by atoms with Gasteiger partial charge in [0.2, 0.25) is 0 Å². The van der Waals surface area contributed by atoms with Gasteiger partial charge in [-0.1, -0.05) is 32.8 Å². The van der Waals surface area contributed by atoms with Crippen molar-refractivity contribution in [3.05, 3.63) is 12.2 Å². The van der Waals surface area contributed by atoms with E-state index in [9.17, 15) is 14.4 Å². The Morgan fingerprint density at radius 3 is 2.62 bits per heavy atom. The van der Waals surface area contributed by atoms with E-state index >= 15 is 0 Å². The maximum absolute atomic E-state index is 12.1. The second kappa shape index (κ2) is 11.2. The monoisotopic (exact) mass is 336 g/mol. The van der Waals surface area contributed by atoms with Crippen molar-refractivity contribution in [3.63, 3.8) is 0 Å². The van der Waals surface area contributed by atoms with Gasteiger partial charge < -0.3 is 4.74 Å². The van der Waals surface area contributed by atoms with Crippen LogP contribution in [0, 0.1) is 17.8 Å². The highest BCUT2D eigenvalue weighted by Crippen LogP contribution is 2.32. The Labute approximate surface area is 146 Å². The lowest BCUT2D eigenvalue weighted by molar-refractivity contribution is -0.141. The Kier molecular flexibility index (Phi) is 9.58. The summed E-state index contributed by atoms with van der Waals surface area (Å²) in [6, 6.07) is 0. The van der Waals surface area contributed by atoms with Gasteiger partial charge in [0, 0.05) is 25.2 Å². The van der Waals surface area contributed by atoms with E-state index in [1.54, 1.807) is 6.08 Å². The topological polar surface area (TPSA) is 60.4 Å². The molecule has 0 saturated carbocycles. The second-order valence-corrected chi connectivity index (χ2v) is 7.03. The van der Waals surface area contributed by atoms with Crippen LogP contribution in [0.1, 0.15) is 71.6 Å². The molecule has 0 amide bonds. The van der Waals surface area contributed by atoms with Crippen LogP contribution in [0.4, 0.5) is 0 Å². The van der Waals surface area contributed by atoms with Gasteiger partial charge in [-0.15, -0.1) is 0 Å². The first-order chi connectivity index (χ1) is 11.5. The van der Waals surface area contributed by atoms with Gasteiger partial charge in [-0.05, 0) is 43.6 Å². The Morgan fingerprint density at radius 1 is 1.21 bits per heavy atom. The van der Waals surface area contributed by atoms with E-state index in [-0.39, 0.29) is 29.5 Å². The minimum Gasteiger partial charge on any atom is -0.469 e. The molecule has 0 radical (unpaired) electrons. The van der Waals surface area contributed by atoms with Gasteiger partial charge in [0.25, 0.3) is 0 Å². The van der Waals surface area contributed by atoms with Crippen LogP contribution < -0.4 is 0 Å². The van der Waals surface area contributed by atoms with E-state index in [1.807, 2.05) is 13.0 Å². The van der Waals surface area contributed by atoms with Crippen molar-refractivity contribution in [2.24, 2.45) is 17.8 Å². The fourth-order valence-electron chi connectivity index (χ4n) is 3.30. The molecule has 3 unspecified atom stereocenters. The summed E-state index contributed by atoms with van der Waals surface area (Å²) in [4.78, 5) is 35.3. The predicted molar refractivity (Wildman–Crippen MR) is 94.5 cm³/mol. The highest BCUT2D eigenvalue weighted by Gasteiger charge is 2.30. The summed E-state index contributed by atoms with van der Waals surface area (Å²) in [6.07, 6.45) is 10.8. The van der Waals surface area contributed by atoms with Gasteiger partial charge in [-0.3, -0.25) is 14.4 Å². The Balaban J connectivity index is 2.36. The second-order valence-electron chi connectivity index (χ2n) is 7.03. The van der Waals surface area contributed by atoms with Gasteiger partial charge in [-0.2, -0.15) is 0 Å². The average Bonchev–Trinajstić information content (AvgIpc) is 2.91. The molecule has 0 aliphatic heterocycles. The van der Waals surface area contributed by atoms with Crippen molar-refractivity contribution in [2.75, 3.05) is 7.11 Å². The van der Waals surface area contributed by atoms with Crippen LogP contribution in [0.2, 0.25) is 0 Å². The van der Waals surface area contributed by atoms with Crippen LogP contribution in [-0.4, -0.2) is 24.6 Å². The summed E-state index contributed by atoms with van der Waals surface area (Å²) >= 11 is 0. The molecule has 0 N–H and O–H groups in total. The first-order valence-corrected chi connectivity index (χ1v) is 9.28. The molecular formula is C20H32O4. The first kappa shape index (κ1) is 20.6. The van der Waals surface area contributed by atoms with Gasteiger partial charge in [-0.25, -0.2) is 0 Å². The van der Waals surface area contributed by atoms with Crippen LogP contribution in [-0.2, 0) is 19.1 Å². The molecule has 24 heavy (non-hydrogen) atoms. The van der Waals surface area contributed by atoms with Crippen molar-refractivity contribution >= 4 is 17.5 Å². The molecule has 0 aromatic rings. The third-order valence-electron chi connectivity index (χ3n) is 4.92. The average molecular weight is 336 g/mol. The summed E-state index contributed by atoms with van der Waals surface area (Å²) in [6.45, 7) is 4.14. The van der Waals surface area contributed by atoms with Gasteiger partial charge in [0.15, 0.2) is 5.78 Å². The molecular weight excluding hydrogens is 304 g/mol. The number of ketones is 2. The molecule has 4 nitrogen and oxygen atoms in total. The molecule has 0 heterocycles. The highest BCUT2D eigenvalue weighted by molar-refractivity contribution is 5.94. The fraction of sp³-hybridized carbons (Fsp3) is 0.750. The Morgan fingerprint density at radius 2 is 1.96 bits per heavy atom. The number of methoxy groups -OCH3 is 1. The molecule has 0 bridgehead atoms. The lowest BCUT2D eigenvalue weighted by atomic mass is 9.84. The van der Waals surface area contributed by atoms with E-state index in [0.717, 1.165) is 38.5 Å². The summed E-state index contributed by atoms with van der Waals surface area (Å²) in [7, 11) is 1.40. The largest absolute Gasteiger partial charge is 0.469 e. The molecule has 3 atom stereocenters. The van der Waals surface area contributed by atoms with Crippen molar-refractivity contribution in [3.8, 4) is 0 Å². The van der Waals surface area contributed by atoms with Crippen molar-refractivity contribution < 1.29 is 19.1 Å². The maximum Gasteiger partial charge on any atom is 0.305 e. The number of carbonyl (C=O) groups excluding carboxylic acids is 3. The third-order valence-corrected chi connectivity index (χ3v) is 4.92. The summed E-state index contributed by atoms with van der Waals surface area (Å²) in [5, 5.41) is 0. The summed E-state index contributed by atoms with van der Waals surface area (Å²) in [5.74, 6) is 0.652. The fourth-order valence-corrected chi connectivity index (χ4v) is 3.30. The number of hydrogen-bond acceptors (Lipinski definition) is 4. The van der Waals surface area contributed by atoms with Gasteiger partial charge in [0.05, 0.1) is 7.11 Å². The van der Waals surface area contributed by atoms with E-state index in [1.165, 1.54) is 7.11 Å². The van der Waals surface area contributed by atoms with E-state index in [4.69, 9.17) is 0 Å². The van der Waals surface area contributed by atoms with E-state index in [0.29, 0.717) is 25.0 Å². The Hall–Kier alpha value is -1.45. The Bertz CT molecular complexity index is 453. The number of rotatable bonds is 12. The highest BCUT2D eigenvalue weighted by atomic mass is 16.5. The van der Waals surface area contributed by atoms with Crippen molar-refractivity contribution in [1.82, 2.24) is 0 Å². The first-order valence-electron chi connectivity index (χ1n) is 9.28. The molecule has 0 fully saturated rings. The normalized spacial score (nSPS) is 21.0. The number of hydrogen-bond donors (Lipinski definition) is 0. The van der Waals surface area contributed by atoms with Crippen molar-refractivity contribution in [2.45, 2.75) is 71.6 Å². The molecule has 136 valence electrons. The zero-order valence-electron chi connectivity index (χ0n) is 15.4. The molecule has 1 rings (SSSR count). The molecule has 4 heteroatoms. The van der Waals surface area contributed by atoms with Crippen molar-refractivity contribution in [1.29, 1.82) is 0 Å². The van der Waals surface area contributed by atoms with E-state index in [2.05, 4.69) is 11.7 Å². The molecule has 0 aromatic carbocycles. The quantitative estimate of drug-likeness (QED) is 0.394. The third kappa shape index (κ3) is 7.41. The van der Waals surface area contributed by atoms with Crippen LogP contribution in [0.25, 0.3) is 0 Å². The number of allylic oxidation sites excluding steroid dienone is 2. The number of ether oxygens (including phenoxy) is 1. The zero-order valence-corrected chi connectivity index (χ0v) is 15.4. The number of esters is 1.